The summed E-state index contributed by atoms with van der Waals surface area (Å²) < 4.78 is 0. The van der Waals surface area contributed by atoms with Crippen molar-refractivity contribution in [2.75, 3.05) is 5.01 Å². The Morgan fingerprint density at radius 2 is 1.68 bits per heavy atom. The van der Waals surface area contributed by atoms with E-state index in [1.165, 1.54) is 0 Å². The van der Waals surface area contributed by atoms with Crippen LogP contribution in [0.4, 0.5) is 5.69 Å². The summed E-state index contributed by atoms with van der Waals surface area (Å²) in [4.78, 5) is 22.2. The molecule has 2 aliphatic rings. The molecule has 6 nitrogen and oxygen atoms in total. The molecule has 1 aromatic rings. The number of allylic oxidation sites excluding steroid dienone is 2. The maximum Gasteiger partial charge on any atom is 0.309 e. The molecule has 0 bridgehead atoms. The van der Waals surface area contributed by atoms with Gasteiger partial charge in [0.05, 0.1) is 29.9 Å². The van der Waals surface area contributed by atoms with Gasteiger partial charge in [0.25, 0.3) is 0 Å². The molecule has 0 saturated heterocycles. The Bertz CT molecular complexity index is 733. The average Bonchev–Trinajstić information content (AvgIpc) is 2.46. The van der Waals surface area contributed by atoms with E-state index in [2.05, 4.69) is 0 Å². The summed E-state index contributed by atoms with van der Waals surface area (Å²) in [6.07, 6.45) is 6.71. The number of aliphatic carboxylic acids is 2. The lowest BCUT2D eigenvalue weighted by molar-refractivity contribution is -0.137. The van der Waals surface area contributed by atoms with Gasteiger partial charge in [0, 0.05) is 11.8 Å². The molecule has 0 unspecified atom stereocenters. The van der Waals surface area contributed by atoms with Crippen molar-refractivity contribution in [3.05, 3.63) is 59.6 Å². The summed E-state index contributed by atoms with van der Waals surface area (Å²) in [5, 5.41) is 21.6. The first-order chi connectivity index (χ1) is 10.6. The second-order valence-corrected chi connectivity index (χ2v) is 4.99. The minimum atomic E-state index is -0.937. The summed E-state index contributed by atoms with van der Waals surface area (Å²) in [5.74, 6) is -1.87. The van der Waals surface area contributed by atoms with Crippen LogP contribution in [0.1, 0.15) is 18.4 Å². The molecule has 2 aliphatic heterocycles. The molecule has 0 atom stereocenters. The van der Waals surface area contributed by atoms with Gasteiger partial charge in [-0.1, -0.05) is 18.2 Å². The molecule has 0 aliphatic carbocycles. The Morgan fingerprint density at radius 3 is 2.41 bits per heavy atom. The van der Waals surface area contributed by atoms with Gasteiger partial charge >= 0.3 is 11.9 Å². The van der Waals surface area contributed by atoms with Crippen LogP contribution in [0.25, 0.3) is 6.08 Å². The van der Waals surface area contributed by atoms with Gasteiger partial charge in [0.2, 0.25) is 0 Å². The van der Waals surface area contributed by atoms with E-state index in [4.69, 9.17) is 10.2 Å². The zero-order valence-electron chi connectivity index (χ0n) is 11.6. The van der Waals surface area contributed by atoms with Crippen LogP contribution in [0, 0.1) is 0 Å². The second kappa shape index (κ2) is 5.40. The maximum absolute atomic E-state index is 11.1. The Kier molecular flexibility index (Phi) is 3.42. The first-order valence-corrected chi connectivity index (χ1v) is 6.76. The van der Waals surface area contributed by atoms with Crippen LogP contribution in [0.2, 0.25) is 0 Å². The number of hydrogen-bond donors (Lipinski definition) is 2. The number of hydrazine groups is 1. The molecule has 2 N–H and O–H groups in total. The normalized spacial score (nSPS) is 15.6. The standard InChI is InChI=1S/C16H14N2O4/c19-15(20)9-12-5-3-7-17-13(10-16(21)22)8-11-4-1-2-6-14(11)18(12)17/h1-8H,9-10H2,(H,19,20)(H,21,22). The topological polar surface area (TPSA) is 81.1 Å². The lowest BCUT2D eigenvalue weighted by Crippen LogP contribution is -2.42. The summed E-state index contributed by atoms with van der Waals surface area (Å²) in [6, 6.07) is 7.49. The van der Waals surface area contributed by atoms with Crippen LogP contribution in [-0.4, -0.2) is 27.2 Å². The average molecular weight is 298 g/mol. The fraction of sp³-hybridized carbons (Fsp3) is 0.125. The first-order valence-electron chi connectivity index (χ1n) is 6.76. The lowest BCUT2D eigenvalue weighted by Gasteiger charge is -2.43. The fourth-order valence-corrected chi connectivity index (χ4v) is 2.63. The molecule has 2 heterocycles. The van der Waals surface area contributed by atoms with Crippen molar-refractivity contribution in [1.29, 1.82) is 0 Å². The highest BCUT2D eigenvalue weighted by molar-refractivity contribution is 5.81. The zero-order valence-corrected chi connectivity index (χ0v) is 11.6. The van der Waals surface area contributed by atoms with Crippen LogP contribution < -0.4 is 5.01 Å². The van der Waals surface area contributed by atoms with Gasteiger partial charge in [0.15, 0.2) is 0 Å². The Labute approximate surface area is 126 Å². The number of nitrogens with zero attached hydrogens (tertiary/aromatic N) is 2. The van der Waals surface area contributed by atoms with Gasteiger partial charge in [-0.05, 0) is 24.3 Å². The van der Waals surface area contributed by atoms with E-state index < -0.39 is 11.9 Å². The van der Waals surface area contributed by atoms with E-state index in [1.54, 1.807) is 28.4 Å². The third-order valence-electron chi connectivity index (χ3n) is 3.45. The van der Waals surface area contributed by atoms with Gasteiger partial charge in [-0.25, -0.2) is 0 Å². The van der Waals surface area contributed by atoms with Crippen molar-refractivity contribution in [1.82, 2.24) is 5.01 Å². The molecule has 0 spiro atoms. The van der Waals surface area contributed by atoms with Crippen molar-refractivity contribution in [3.63, 3.8) is 0 Å². The summed E-state index contributed by atoms with van der Waals surface area (Å²) in [7, 11) is 0. The highest BCUT2D eigenvalue weighted by Gasteiger charge is 2.30. The molecule has 1 aromatic carbocycles. The minimum Gasteiger partial charge on any atom is -0.481 e. The molecule has 0 aromatic heterocycles. The Balaban J connectivity index is 2.09. The maximum atomic E-state index is 11.1. The van der Waals surface area contributed by atoms with Crippen LogP contribution in [0.5, 0.6) is 0 Å². The number of carboxylic acids is 2. The van der Waals surface area contributed by atoms with Crippen molar-refractivity contribution >= 4 is 23.7 Å². The molecule has 0 fully saturated rings. The van der Waals surface area contributed by atoms with Crippen LogP contribution in [-0.2, 0) is 9.59 Å². The summed E-state index contributed by atoms with van der Waals surface area (Å²) in [6.45, 7) is 0. The largest absolute Gasteiger partial charge is 0.481 e. The number of rotatable bonds is 4. The van der Waals surface area contributed by atoms with Crippen molar-refractivity contribution in [2.24, 2.45) is 0 Å². The quantitative estimate of drug-likeness (QED) is 0.888. The van der Waals surface area contributed by atoms with E-state index in [1.807, 2.05) is 30.3 Å². The predicted octanol–water partition coefficient (Wildman–Crippen LogP) is 2.43. The molecular weight excluding hydrogens is 284 g/mol. The molecule has 3 rings (SSSR count). The zero-order chi connectivity index (χ0) is 15.7. The van der Waals surface area contributed by atoms with E-state index in [-0.39, 0.29) is 12.8 Å². The van der Waals surface area contributed by atoms with Gasteiger partial charge < -0.3 is 10.2 Å². The van der Waals surface area contributed by atoms with E-state index in [0.717, 1.165) is 11.3 Å². The highest BCUT2D eigenvalue weighted by Crippen LogP contribution is 2.38. The number of anilines is 1. The van der Waals surface area contributed by atoms with Crippen molar-refractivity contribution < 1.29 is 19.8 Å². The summed E-state index contributed by atoms with van der Waals surface area (Å²) in [5.41, 5.74) is 2.85. The Hall–Kier alpha value is -3.02. The number of hydrogen-bond acceptors (Lipinski definition) is 4. The molecular formula is C16H14N2O4. The Morgan fingerprint density at radius 1 is 1.00 bits per heavy atom. The van der Waals surface area contributed by atoms with Crippen LogP contribution in [0.3, 0.4) is 0 Å². The van der Waals surface area contributed by atoms with Gasteiger partial charge in [0.1, 0.15) is 0 Å². The molecule has 22 heavy (non-hydrogen) atoms. The first kappa shape index (κ1) is 13.9. The minimum absolute atomic E-state index is 0.143. The second-order valence-electron chi connectivity index (χ2n) is 4.99. The van der Waals surface area contributed by atoms with Gasteiger partial charge in [-0.3, -0.25) is 19.6 Å². The fourth-order valence-electron chi connectivity index (χ4n) is 2.63. The van der Waals surface area contributed by atoms with Gasteiger partial charge in [-0.2, -0.15) is 0 Å². The lowest BCUT2D eigenvalue weighted by atomic mass is 10.0. The number of benzene rings is 1. The van der Waals surface area contributed by atoms with Gasteiger partial charge in [-0.15, -0.1) is 0 Å². The molecule has 112 valence electrons. The smallest absolute Gasteiger partial charge is 0.309 e. The number of carbonyl (C=O) groups is 2. The highest BCUT2D eigenvalue weighted by atomic mass is 16.4. The van der Waals surface area contributed by atoms with Crippen molar-refractivity contribution in [3.8, 4) is 0 Å². The van der Waals surface area contributed by atoms with Crippen LogP contribution in [0.15, 0.2) is 54.0 Å². The van der Waals surface area contributed by atoms with Crippen LogP contribution >= 0.6 is 0 Å². The van der Waals surface area contributed by atoms with E-state index >= 15 is 0 Å². The third kappa shape index (κ3) is 2.46. The molecule has 6 heteroatoms. The number of para-hydroxylation sites is 1. The molecule has 0 amide bonds. The molecule has 0 radical (unpaired) electrons. The summed E-state index contributed by atoms with van der Waals surface area (Å²) >= 11 is 0. The predicted molar refractivity (Wildman–Crippen MR) is 80.5 cm³/mol. The van der Waals surface area contributed by atoms with E-state index in [9.17, 15) is 9.59 Å². The van der Waals surface area contributed by atoms with E-state index in [0.29, 0.717) is 11.4 Å². The van der Waals surface area contributed by atoms with Crippen molar-refractivity contribution in [2.45, 2.75) is 12.8 Å². The number of carboxylic acid groups (broad SMARTS) is 2. The third-order valence-corrected chi connectivity index (χ3v) is 3.45. The monoisotopic (exact) mass is 298 g/mol. The molecule has 0 saturated carbocycles. The SMILES string of the molecule is O=C(O)CC1=Cc2ccccc2N2C(CC(=O)O)=CC=CN12. The number of fused-ring (bicyclic) bond motifs is 3.